The van der Waals surface area contributed by atoms with Crippen molar-refractivity contribution >= 4 is 28.5 Å². The summed E-state index contributed by atoms with van der Waals surface area (Å²) in [6, 6.07) is 8.43. The summed E-state index contributed by atoms with van der Waals surface area (Å²) in [6.07, 6.45) is 2.46. The second kappa shape index (κ2) is 10.7. The molecule has 2 N–H and O–H groups in total. The lowest BCUT2D eigenvalue weighted by Gasteiger charge is -2.31. The zero-order chi connectivity index (χ0) is 22.4. The number of carbonyl (C=O) groups excluding carboxylic acids is 2. The quantitative estimate of drug-likeness (QED) is 0.643. The predicted molar refractivity (Wildman–Crippen MR) is 124 cm³/mol. The summed E-state index contributed by atoms with van der Waals surface area (Å²) < 4.78 is 4.55. The molecule has 1 saturated heterocycles. The summed E-state index contributed by atoms with van der Waals surface area (Å²) in [7, 11) is 0. The van der Waals surface area contributed by atoms with Gasteiger partial charge in [0.2, 0.25) is 16.9 Å². The van der Waals surface area contributed by atoms with Crippen molar-refractivity contribution in [2.45, 2.75) is 46.5 Å². The van der Waals surface area contributed by atoms with E-state index in [2.05, 4.69) is 54.3 Å². The van der Waals surface area contributed by atoms with Gasteiger partial charge >= 0.3 is 0 Å². The highest BCUT2D eigenvalue weighted by Gasteiger charge is 2.26. The van der Waals surface area contributed by atoms with Crippen LogP contribution in [0.3, 0.4) is 0 Å². The molecule has 0 spiro atoms. The standard InChI is InChI=1S/C23H33N5O2S/c1-16(2)15-28(13-10-21(29)27-11-8-19(9-12-27)22(24)30)23-25-20(26-31-23)14-18-6-4-17(3)5-7-18/h4-7,16,19H,8-15H2,1-3H3,(H2,24,30). The molecule has 0 radical (unpaired) electrons. The second-order valence-electron chi connectivity index (χ2n) is 8.80. The van der Waals surface area contributed by atoms with E-state index in [-0.39, 0.29) is 17.7 Å². The maximum absolute atomic E-state index is 12.7. The average molecular weight is 444 g/mol. The zero-order valence-corrected chi connectivity index (χ0v) is 19.5. The fourth-order valence-electron chi connectivity index (χ4n) is 3.84. The third kappa shape index (κ3) is 6.75. The average Bonchev–Trinajstić information content (AvgIpc) is 3.20. The van der Waals surface area contributed by atoms with Crippen molar-refractivity contribution in [2.75, 3.05) is 31.1 Å². The Morgan fingerprint density at radius 2 is 1.90 bits per heavy atom. The molecule has 1 aliphatic rings. The minimum atomic E-state index is -0.257. The number of hydrogen-bond acceptors (Lipinski definition) is 6. The Morgan fingerprint density at radius 1 is 1.23 bits per heavy atom. The van der Waals surface area contributed by atoms with Gasteiger partial charge in [0, 0.05) is 56.5 Å². The van der Waals surface area contributed by atoms with Gasteiger partial charge in [0.25, 0.3) is 0 Å². The van der Waals surface area contributed by atoms with Crippen LogP contribution in [0.1, 0.15) is 50.1 Å². The number of benzene rings is 1. The molecule has 7 nitrogen and oxygen atoms in total. The van der Waals surface area contributed by atoms with E-state index in [0.29, 0.717) is 51.2 Å². The molecule has 2 heterocycles. The number of likely N-dealkylation sites (tertiary alicyclic amines) is 1. The van der Waals surface area contributed by atoms with Crippen molar-refractivity contribution in [3.63, 3.8) is 0 Å². The van der Waals surface area contributed by atoms with Crippen LogP contribution in [0.15, 0.2) is 24.3 Å². The van der Waals surface area contributed by atoms with Crippen LogP contribution in [0.4, 0.5) is 5.13 Å². The summed E-state index contributed by atoms with van der Waals surface area (Å²) in [6.45, 7) is 9.07. The highest BCUT2D eigenvalue weighted by Crippen LogP contribution is 2.22. The van der Waals surface area contributed by atoms with Crippen LogP contribution < -0.4 is 10.6 Å². The third-order valence-electron chi connectivity index (χ3n) is 5.64. The van der Waals surface area contributed by atoms with E-state index in [1.165, 1.54) is 22.7 Å². The number of nitrogens with two attached hydrogens (primary N) is 1. The molecule has 31 heavy (non-hydrogen) atoms. The maximum Gasteiger partial charge on any atom is 0.224 e. The Balaban J connectivity index is 1.58. The fraction of sp³-hybridized carbons (Fsp3) is 0.565. The number of hydrogen-bond donors (Lipinski definition) is 1. The molecular weight excluding hydrogens is 410 g/mol. The van der Waals surface area contributed by atoms with Crippen molar-refractivity contribution in [2.24, 2.45) is 17.6 Å². The van der Waals surface area contributed by atoms with E-state index in [4.69, 9.17) is 10.7 Å². The maximum atomic E-state index is 12.7. The van der Waals surface area contributed by atoms with E-state index in [9.17, 15) is 9.59 Å². The first-order valence-electron chi connectivity index (χ1n) is 11.0. The van der Waals surface area contributed by atoms with Crippen LogP contribution in [0.5, 0.6) is 0 Å². The van der Waals surface area contributed by atoms with Gasteiger partial charge in [-0.1, -0.05) is 43.7 Å². The topological polar surface area (TPSA) is 92.4 Å². The number of anilines is 1. The molecule has 2 aromatic rings. The van der Waals surface area contributed by atoms with Crippen molar-refractivity contribution in [3.8, 4) is 0 Å². The molecule has 168 valence electrons. The minimum Gasteiger partial charge on any atom is -0.369 e. The van der Waals surface area contributed by atoms with E-state index in [1.807, 2.05) is 4.90 Å². The van der Waals surface area contributed by atoms with E-state index in [0.717, 1.165) is 17.5 Å². The smallest absolute Gasteiger partial charge is 0.224 e. The van der Waals surface area contributed by atoms with Gasteiger partial charge in [-0.25, -0.2) is 4.98 Å². The summed E-state index contributed by atoms with van der Waals surface area (Å²) >= 11 is 1.40. The normalized spacial score (nSPS) is 14.8. The van der Waals surface area contributed by atoms with Gasteiger partial charge in [-0.15, -0.1) is 0 Å². The molecule has 2 amide bonds. The number of aromatic nitrogens is 2. The Bertz CT molecular complexity index is 872. The van der Waals surface area contributed by atoms with Gasteiger partial charge in [-0.2, -0.15) is 4.37 Å². The van der Waals surface area contributed by atoms with Crippen LogP contribution in [0, 0.1) is 18.8 Å². The predicted octanol–water partition coefficient (Wildman–Crippen LogP) is 3.01. The summed E-state index contributed by atoms with van der Waals surface area (Å²) in [5.74, 6) is 1.03. The first kappa shape index (κ1) is 23.2. The van der Waals surface area contributed by atoms with Gasteiger partial charge in [-0.3, -0.25) is 9.59 Å². The van der Waals surface area contributed by atoms with Crippen LogP contribution in [-0.2, 0) is 16.0 Å². The molecule has 0 saturated carbocycles. The molecule has 1 aliphatic heterocycles. The molecule has 3 rings (SSSR count). The number of rotatable bonds is 9. The molecule has 8 heteroatoms. The van der Waals surface area contributed by atoms with Gasteiger partial charge in [0.15, 0.2) is 0 Å². The lowest BCUT2D eigenvalue weighted by Crippen LogP contribution is -2.43. The highest BCUT2D eigenvalue weighted by atomic mass is 32.1. The minimum absolute atomic E-state index is 0.102. The van der Waals surface area contributed by atoms with E-state index < -0.39 is 0 Å². The molecule has 0 bridgehead atoms. The second-order valence-corrected chi connectivity index (χ2v) is 9.53. The number of carbonyl (C=O) groups is 2. The van der Waals surface area contributed by atoms with Crippen molar-refractivity contribution in [1.29, 1.82) is 0 Å². The lowest BCUT2D eigenvalue weighted by molar-refractivity contribution is -0.134. The summed E-state index contributed by atoms with van der Waals surface area (Å²) in [4.78, 5) is 32.8. The van der Waals surface area contributed by atoms with Gasteiger partial charge in [0.05, 0.1) is 0 Å². The van der Waals surface area contributed by atoms with Crippen LogP contribution in [0.2, 0.25) is 0 Å². The monoisotopic (exact) mass is 443 g/mol. The lowest BCUT2D eigenvalue weighted by atomic mass is 9.96. The van der Waals surface area contributed by atoms with Crippen molar-refractivity contribution in [1.82, 2.24) is 14.3 Å². The Kier molecular flexibility index (Phi) is 8.01. The third-order valence-corrected chi connectivity index (χ3v) is 6.46. The van der Waals surface area contributed by atoms with E-state index in [1.54, 1.807) is 0 Å². The number of amides is 2. The van der Waals surface area contributed by atoms with Gasteiger partial charge in [0.1, 0.15) is 5.82 Å². The number of nitrogens with zero attached hydrogens (tertiary/aromatic N) is 4. The molecule has 0 atom stereocenters. The SMILES string of the molecule is Cc1ccc(Cc2nsc(N(CCC(=O)N3CCC(C(N)=O)CC3)CC(C)C)n2)cc1. The van der Waals surface area contributed by atoms with Crippen LogP contribution >= 0.6 is 11.5 Å². The molecule has 1 fully saturated rings. The van der Waals surface area contributed by atoms with Crippen molar-refractivity contribution in [3.05, 3.63) is 41.2 Å². The Morgan fingerprint density at radius 3 is 2.52 bits per heavy atom. The first-order chi connectivity index (χ1) is 14.8. The number of piperidine rings is 1. The summed E-state index contributed by atoms with van der Waals surface area (Å²) in [5, 5.41) is 0.871. The molecule has 0 aliphatic carbocycles. The van der Waals surface area contributed by atoms with Crippen LogP contribution in [0.25, 0.3) is 0 Å². The first-order valence-corrected chi connectivity index (χ1v) is 11.8. The molecule has 1 aromatic heterocycles. The van der Waals surface area contributed by atoms with Crippen LogP contribution in [-0.4, -0.2) is 52.3 Å². The summed E-state index contributed by atoms with van der Waals surface area (Å²) in [5.41, 5.74) is 7.83. The zero-order valence-electron chi connectivity index (χ0n) is 18.7. The highest BCUT2D eigenvalue weighted by molar-refractivity contribution is 7.09. The Hall–Kier alpha value is -2.48. The van der Waals surface area contributed by atoms with Crippen molar-refractivity contribution < 1.29 is 9.59 Å². The van der Waals surface area contributed by atoms with Gasteiger partial charge in [-0.05, 0) is 31.2 Å². The number of primary amides is 1. The molecule has 1 aromatic carbocycles. The Labute approximate surface area is 188 Å². The molecule has 0 unspecified atom stereocenters. The van der Waals surface area contributed by atoms with E-state index >= 15 is 0 Å². The molecular formula is C23H33N5O2S. The number of aryl methyl sites for hydroxylation is 1. The largest absolute Gasteiger partial charge is 0.369 e. The fourth-order valence-corrected chi connectivity index (χ4v) is 4.56. The van der Waals surface area contributed by atoms with Gasteiger partial charge < -0.3 is 15.5 Å².